The lowest BCUT2D eigenvalue weighted by molar-refractivity contribution is -0.242. The summed E-state index contributed by atoms with van der Waals surface area (Å²) >= 11 is 0. The van der Waals surface area contributed by atoms with Crippen molar-refractivity contribution in [1.82, 2.24) is 0 Å². The molecule has 0 bridgehead atoms. The molecule has 2 unspecified atom stereocenters. The van der Waals surface area contributed by atoms with E-state index in [2.05, 4.69) is 46.0 Å². The molecule has 1 heterocycles. The Morgan fingerprint density at radius 1 is 1.03 bits per heavy atom. The van der Waals surface area contributed by atoms with Gasteiger partial charge in [0.2, 0.25) is 6.29 Å². The molecule has 1 fully saturated rings. The zero-order valence-electron chi connectivity index (χ0n) is 23.0. The third-order valence-corrected chi connectivity index (χ3v) is 12.3. The first-order valence-electron chi connectivity index (χ1n) is 12.8. The summed E-state index contributed by atoms with van der Waals surface area (Å²) in [5.74, 6) is -1.01. The van der Waals surface area contributed by atoms with Crippen LogP contribution in [0.5, 0.6) is 0 Å². The average molecular weight is 519 g/mol. The van der Waals surface area contributed by atoms with Crippen molar-refractivity contribution in [3.63, 3.8) is 0 Å². The molecule has 1 saturated heterocycles. The monoisotopic (exact) mass is 518 g/mol. The van der Waals surface area contributed by atoms with Gasteiger partial charge in [-0.3, -0.25) is 9.59 Å². The van der Waals surface area contributed by atoms with Crippen LogP contribution < -0.4 is 0 Å². The van der Waals surface area contributed by atoms with Gasteiger partial charge in [0.05, 0.1) is 12.2 Å². The maximum absolute atomic E-state index is 12.2. The molecule has 1 aliphatic heterocycles. The Hall–Kier alpha value is -2.00. The lowest BCUT2D eigenvalue weighted by atomic mass is 9.74. The number of benzene rings is 1. The van der Waals surface area contributed by atoms with Crippen LogP contribution in [0.2, 0.25) is 18.1 Å². The zero-order chi connectivity index (χ0) is 26.8. The molecule has 200 valence electrons. The Labute approximate surface area is 216 Å². The van der Waals surface area contributed by atoms with E-state index in [0.29, 0.717) is 19.3 Å². The van der Waals surface area contributed by atoms with Crippen LogP contribution >= 0.6 is 0 Å². The van der Waals surface area contributed by atoms with E-state index in [1.165, 1.54) is 13.8 Å². The summed E-state index contributed by atoms with van der Waals surface area (Å²) in [6, 6.07) is 9.80. The molecule has 8 heteroatoms. The minimum atomic E-state index is -2.29. The highest BCUT2D eigenvalue weighted by Crippen LogP contribution is 2.54. The van der Waals surface area contributed by atoms with Gasteiger partial charge >= 0.3 is 11.9 Å². The van der Waals surface area contributed by atoms with Gasteiger partial charge in [-0.25, -0.2) is 0 Å². The van der Waals surface area contributed by atoms with Crippen LogP contribution in [0.25, 0.3) is 0 Å². The number of hydrogen-bond acceptors (Lipinski definition) is 7. The number of rotatable bonds is 9. The highest BCUT2D eigenvalue weighted by Gasteiger charge is 2.69. The summed E-state index contributed by atoms with van der Waals surface area (Å²) in [6.07, 6.45) is 3.22. The SMILES string of the molecule is CC[C@@]1(C2(O[Si](C)(C)C(C)(C)C)CC=CC2)OC(OC(C)=O)[C@@H](OC(C)=O)C1OCc1ccccc1. The van der Waals surface area contributed by atoms with Crippen LogP contribution in [0, 0.1) is 0 Å². The van der Waals surface area contributed by atoms with E-state index < -0.39 is 50.0 Å². The fourth-order valence-corrected chi connectivity index (χ4v) is 6.69. The first-order valence-corrected chi connectivity index (χ1v) is 15.7. The molecule has 0 saturated carbocycles. The quantitative estimate of drug-likeness (QED) is 0.236. The van der Waals surface area contributed by atoms with Gasteiger partial charge in [0, 0.05) is 13.8 Å². The maximum atomic E-state index is 12.2. The second-order valence-corrected chi connectivity index (χ2v) is 16.1. The lowest BCUT2D eigenvalue weighted by Crippen LogP contribution is -2.65. The van der Waals surface area contributed by atoms with Gasteiger partial charge < -0.3 is 23.4 Å². The molecule has 1 aromatic rings. The third kappa shape index (κ3) is 5.61. The molecule has 0 spiro atoms. The van der Waals surface area contributed by atoms with Crippen molar-refractivity contribution in [3.05, 3.63) is 48.0 Å². The second kappa shape index (κ2) is 10.8. The van der Waals surface area contributed by atoms with Crippen molar-refractivity contribution in [2.24, 2.45) is 0 Å². The number of hydrogen-bond donors (Lipinski definition) is 0. The largest absolute Gasteiger partial charge is 0.453 e. The van der Waals surface area contributed by atoms with Crippen molar-refractivity contribution in [2.45, 2.75) is 115 Å². The van der Waals surface area contributed by atoms with Gasteiger partial charge in [-0.2, -0.15) is 0 Å². The van der Waals surface area contributed by atoms with Crippen molar-refractivity contribution in [2.75, 3.05) is 0 Å². The lowest BCUT2D eigenvalue weighted by Gasteiger charge is -2.53. The van der Waals surface area contributed by atoms with E-state index in [1.54, 1.807) is 0 Å². The third-order valence-electron chi connectivity index (χ3n) is 7.82. The number of ether oxygens (including phenoxy) is 4. The van der Waals surface area contributed by atoms with Crippen molar-refractivity contribution < 1.29 is 33.0 Å². The molecule has 1 aromatic carbocycles. The molecule has 0 aromatic heterocycles. The molecule has 3 rings (SSSR count). The van der Waals surface area contributed by atoms with Gasteiger partial charge in [-0.05, 0) is 43.0 Å². The molecule has 2 aliphatic rings. The van der Waals surface area contributed by atoms with Crippen molar-refractivity contribution in [1.29, 1.82) is 0 Å². The molecule has 4 atom stereocenters. The molecule has 0 amide bonds. The average Bonchev–Trinajstić information content (AvgIpc) is 3.36. The molecular formula is C28H42O7Si. The van der Waals surface area contributed by atoms with E-state index >= 15 is 0 Å². The molecule has 1 aliphatic carbocycles. The van der Waals surface area contributed by atoms with Gasteiger partial charge in [0.1, 0.15) is 11.7 Å². The fourth-order valence-electron chi connectivity index (χ4n) is 5.06. The smallest absolute Gasteiger partial charge is 0.305 e. The van der Waals surface area contributed by atoms with Crippen LogP contribution in [0.15, 0.2) is 42.5 Å². The summed E-state index contributed by atoms with van der Waals surface area (Å²) in [4.78, 5) is 24.3. The summed E-state index contributed by atoms with van der Waals surface area (Å²) in [5, 5.41) is -0.0406. The molecular weight excluding hydrogens is 476 g/mol. The minimum Gasteiger partial charge on any atom is -0.453 e. The number of carbonyl (C=O) groups excluding carboxylic acids is 2. The van der Waals surface area contributed by atoms with Gasteiger partial charge in [0.15, 0.2) is 14.4 Å². The van der Waals surface area contributed by atoms with E-state index in [1.807, 2.05) is 37.3 Å². The van der Waals surface area contributed by atoms with E-state index in [0.717, 1.165) is 5.56 Å². The van der Waals surface area contributed by atoms with E-state index in [-0.39, 0.29) is 11.6 Å². The van der Waals surface area contributed by atoms with Crippen LogP contribution in [0.3, 0.4) is 0 Å². The summed E-state index contributed by atoms with van der Waals surface area (Å²) in [7, 11) is -2.29. The van der Waals surface area contributed by atoms with Gasteiger partial charge in [0.25, 0.3) is 0 Å². The summed E-state index contributed by atoms with van der Waals surface area (Å²) in [5.41, 5.74) is -0.815. The second-order valence-electron chi connectivity index (χ2n) is 11.4. The van der Waals surface area contributed by atoms with E-state index in [4.69, 9.17) is 23.4 Å². The first-order chi connectivity index (χ1) is 16.8. The topological polar surface area (TPSA) is 80.3 Å². The Morgan fingerprint density at radius 3 is 2.11 bits per heavy atom. The van der Waals surface area contributed by atoms with Crippen molar-refractivity contribution in [3.8, 4) is 0 Å². The van der Waals surface area contributed by atoms with Crippen LogP contribution in [0.1, 0.15) is 66.4 Å². The molecule has 0 N–H and O–H groups in total. The Balaban J connectivity index is 2.12. The normalized spacial score (nSPS) is 27.7. The highest BCUT2D eigenvalue weighted by molar-refractivity contribution is 6.74. The number of carbonyl (C=O) groups is 2. The number of esters is 2. The van der Waals surface area contributed by atoms with Crippen LogP contribution in [0.4, 0.5) is 0 Å². The van der Waals surface area contributed by atoms with E-state index in [9.17, 15) is 9.59 Å². The predicted octanol–water partition coefficient (Wildman–Crippen LogP) is 5.68. The van der Waals surface area contributed by atoms with Crippen LogP contribution in [-0.2, 0) is 39.6 Å². The minimum absolute atomic E-state index is 0.0406. The summed E-state index contributed by atoms with van der Waals surface area (Å²) < 4.78 is 31.8. The maximum Gasteiger partial charge on any atom is 0.305 e. The Kier molecular flexibility index (Phi) is 8.55. The fraction of sp³-hybridized carbons (Fsp3) is 0.643. The molecule has 7 nitrogen and oxygen atoms in total. The van der Waals surface area contributed by atoms with Crippen molar-refractivity contribution >= 4 is 20.3 Å². The zero-order valence-corrected chi connectivity index (χ0v) is 24.0. The predicted molar refractivity (Wildman–Crippen MR) is 140 cm³/mol. The van der Waals surface area contributed by atoms with Crippen LogP contribution in [-0.4, -0.2) is 50.0 Å². The van der Waals surface area contributed by atoms with Gasteiger partial charge in [-0.1, -0.05) is 70.2 Å². The highest BCUT2D eigenvalue weighted by atomic mass is 28.4. The summed E-state index contributed by atoms with van der Waals surface area (Å²) in [6.45, 7) is 16.0. The molecule has 36 heavy (non-hydrogen) atoms. The Bertz CT molecular complexity index is 944. The molecule has 0 radical (unpaired) electrons. The first kappa shape index (κ1) is 28.6. The Morgan fingerprint density at radius 2 is 1.61 bits per heavy atom. The van der Waals surface area contributed by atoms with Gasteiger partial charge in [-0.15, -0.1) is 0 Å². The standard InChI is InChI=1S/C28H42O7Si/c1-9-28(27(17-13-14-18-27)35-36(7,8)26(4,5)6)24(31-19-22-15-11-10-12-16-22)23(32-20(2)29)25(34-28)33-21(3)30/h10-16,23-25H,9,17-19H2,1-8H3/t23-,24?,25?,28+/m0/s1.